The van der Waals surface area contributed by atoms with Crippen LogP contribution in [0.1, 0.15) is 12.7 Å². The first-order chi connectivity index (χ1) is 7.63. The van der Waals surface area contributed by atoms with Crippen molar-refractivity contribution in [1.82, 2.24) is 25.2 Å². The summed E-state index contributed by atoms with van der Waals surface area (Å²) in [7, 11) is 0. The van der Waals surface area contributed by atoms with Gasteiger partial charge in [0.2, 0.25) is 11.9 Å². The molecule has 1 aliphatic rings. The number of hydrogen-bond acceptors (Lipinski definition) is 7. The van der Waals surface area contributed by atoms with Crippen LogP contribution < -0.4 is 16.8 Å². The van der Waals surface area contributed by atoms with Crippen LogP contribution in [0.4, 0.5) is 11.9 Å². The van der Waals surface area contributed by atoms with Gasteiger partial charge in [-0.15, -0.1) is 0 Å². The predicted molar refractivity (Wildman–Crippen MR) is 61.4 cm³/mol. The fraction of sp³-hybridized carbons (Fsp3) is 0.667. The molecule has 1 unspecified atom stereocenters. The van der Waals surface area contributed by atoms with Crippen LogP contribution in [-0.2, 0) is 6.54 Å². The van der Waals surface area contributed by atoms with Crippen LogP contribution in [0.15, 0.2) is 0 Å². The van der Waals surface area contributed by atoms with E-state index >= 15 is 0 Å². The van der Waals surface area contributed by atoms with Crippen LogP contribution in [-0.4, -0.2) is 45.5 Å². The smallest absolute Gasteiger partial charge is 0.225 e. The minimum Gasteiger partial charge on any atom is -0.368 e. The van der Waals surface area contributed by atoms with Crippen molar-refractivity contribution < 1.29 is 0 Å². The molecule has 0 bridgehead atoms. The molecule has 0 amide bonds. The van der Waals surface area contributed by atoms with Crippen molar-refractivity contribution in [3.63, 3.8) is 0 Å². The number of nitrogen functional groups attached to an aromatic ring is 2. The molecule has 0 saturated carbocycles. The van der Waals surface area contributed by atoms with E-state index in [1.54, 1.807) is 0 Å². The lowest BCUT2D eigenvalue weighted by atomic mass is 10.2. The van der Waals surface area contributed by atoms with Gasteiger partial charge in [-0.2, -0.15) is 15.0 Å². The average Bonchev–Trinajstić information content (AvgIpc) is 2.15. The van der Waals surface area contributed by atoms with Gasteiger partial charge in [-0.1, -0.05) is 0 Å². The lowest BCUT2D eigenvalue weighted by Gasteiger charge is -2.31. The second-order valence-corrected chi connectivity index (χ2v) is 4.06. The first kappa shape index (κ1) is 11.0. The Balaban J connectivity index is 2.02. The first-order valence-electron chi connectivity index (χ1n) is 5.35. The van der Waals surface area contributed by atoms with E-state index in [0.29, 0.717) is 18.4 Å². The molecule has 1 aromatic heterocycles. The Bertz CT molecular complexity index is 347. The SMILES string of the molecule is CC1CN(Cc2nc(N)nc(N)n2)CCN1. The summed E-state index contributed by atoms with van der Waals surface area (Å²) < 4.78 is 0. The van der Waals surface area contributed by atoms with Crippen LogP contribution in [0, 0.1) is 0 Å². The van der Waals surface area contributed by atoms with Crippen LogP contribution in [0.5, 0.6) is 0 Å². The van der Waals surface area contributed by atoms with E-state index in [1.807, 2.05) is 0 Å². The first-order valence-corrected chi connectivity index (χ1v) is 5.35. The molecule has 1 saturated heterocycles. The summed E-state index contributed by atoms with van der Waals surface area (Å²) in [6.07, 6.45) is 0. The van der Waals surface area contributed by atoms with E-state index in [1.165, 1.54) is 0 Å². The molecule has 1 aliphatic heterocycles. The predicted octanol–water partition coefficient (Wildman–Crippen LogP) is -1.17. The molecule has 0 radical (unpaired) electrons. The molecule has 1 aromatic rings. The Kier molecular flexibility index (Phi) is 3.16. The highest BCUT2D eigenvalue weighted by Gasteiger charge is 2.16. The maximum Gasteiger partial charge on any atom is 0.225 e. The third-order valence-electron chi connectivity index (χ3n) is 2.53. The van der Waals surface area contributed by atoms with Crippen LogP contribution in [0.25, 0.3) is 0 Å². The number of hydrogen-bond donors (Lipinski definition) is 3. The number of nitrogens with two attached hydrogens (primary N) is 2. The minimum absolute atomic E-state index is 0.186. The number of anilines is 2. The number of nitrogens with zero attached hydrogens (tertiary/aromatic N) is 4. The fourth-order valence-electron chi connectivity index (χ4n) is 1.88. The summed E-state index contributed by atoms with van der Waals surface area (Å²) in [6, 6.07) is 0.491. The van der Waals surface area contributed by atoms with E-state index in [-0.39, 0.29) is 11.9 Å². The molecule has 1 atom stereocenters. The van der Waals surface area contributed by atoms with Gasteiger partial charge in [0.1, 0.15) is 5.82 Å². The van der Waals surface area contributed by atoms with Gasteiger partial charge >= 0.3 is 0 Å². The molecule has 0 aromatic carbocycles. The normalized spacial score (nSPS) is 22.2. The standard InChI is InChI=1S/C9H17N7/c1-6-4-16(3-2-12-6)5-7-13-8(10)15-9(11)14-7/h6,12H,2-5H2,1H3,(H4,10,11,13,14,15). The molecule has 7 heteroatoms. The zero-order valence-corrected chi connectivity index (χ0v) is 9.35. The van der Waals surface area contributed by atoms with Crippen molar-refractivity contribution in [3.05, 3.63) is 5.82 Å². The highest BCUT2D eigenvalue weighted by Crippen LogP contribution is 2.05. The lowest BCUT2D eigenvalue weighted by Crippen LogP contribution is -2.48. The monoisotopic (exact) mass is 223 g/mol. The molecule has 88 valence electrons. The Morgan fingerprint density at radius 3 is 2.62 bits per heavy atom. The number of rotatable bonds is 2. The second-order valence-electron chi connectivity index (χ2n) is 4.06. The Labute approximate surface area is 94.3 Å². The Morgan fingerprint density at radius 1 is 1.31 bits per heavy atom. The van der Waals surface area contributed by atoms with Gasteiger partial charge in [0.25, 0.3) is 0 Å². The summed E-state index contributed by atoms with van der Waals surface area (Å²) in [6.45, 7) is 5.77. The maximum absolute atomic E-state index is 5.52. The van der Waals surface area contributed by atoms with Gasteiger partial charge in [0.15, 0.2) is 0 Å². The van der Waals surface area contributed by atoms with E-state index in [0.717, 1.165) is 19.6 Å². The molecular weight excluding hydrogens is 206 g/mol. The van der Waals surface area contributed by atoms with E-state index < -0.39 is 0 Å². The molecule has 0 spiro atoms. The van der Waals surface area contributed by atoms with E-state index in [2.05, 4.69) is 32.1 Å². The van der Waals surface area contributed by atoms with Gasteiger partial charge in [-0.05, 0) is 6.92 Å². The molecule has 5 N–H and O–H groups in total. The van der Waals surface area contributed by atoms with Crippen LogP contribution in [0.3, 0.4) is 0 Å². The zero-order chi connectivity index (χ0) is 11.5. The summed E-state index contributed by atoms with van der Waals surface area (Å²) in [4.78, 5) is 14.2. The Hall–Kier alpha value is -1.47. The highest BCUT2D eigenvalue weighted by atomic mass is 15.2. The summed E-state index contributed by atoms with van der Waals surface area (Å²) >= 11 is 0. The van der Waals surface area contributed by atoms with E-state index in [9.17, 15) is 0 Å². The van der Waals surface area contributed by atoms with Crippen molar-refractivity contribution in [2.45, 2.75) is 19.5 Å². The average molecular weight is 223 g/mol. The summed E-state index contributed by atoms with van der Waals surface area (Å²) in [5.41, 5.74) is 11.0. The Morgan fingerprint density at radius 2 is 2.00 bits per heavy atom. The minimum atomic E-state index is 0.186. The van der Waals surface area contributed by atoms with Crippen molar-refractivity contribution >= 4 is 11.9 Å². The third kappa shape index (κ3) is 2.77. The molecule has 2 heterocycles. The second kappa shape index (κ2) is 4.58. The number of nitrogens with one attached hydrogen (secondary N) is 1. The third-order valence-corrected chi connectivity index (χ3v) is 2.53. The van der Waals surface area contributed by atoms with Crippen LogP contribution >= 0.6 is 0 Å². The van der Waals surface area contributed by atoms with Gasteiger partial charge in [-0.3, -0.25) is 4.90 Å². The summed E-state index contributed by atoms with van der Waals surface area (Å²) in [5.74, 6) is 1.01. The molecule has 16 heavy (non-hydrogen) atoms. The zero-order valence-electron chi connectivity index (χ0n) is 9.35. The number of aromatic nitrogens is 3. The molecule has 2 rings (SSSR count). The van der Waals surface area contributed by atoms with Gasteiger partial charge in [0.05, 0.1) is 6.54 Å². The van der Waals surface area contributed by atoms with Gasteiger partial charge < -0.3 is 16.8 Å². The topological polar surface area (TPSA) is 106 Å². The van der Waals surface area contributed by atoms with Crippen LogP contribution in [0.2, 0.25) is 0 Å². The van der Waals surface area contributed by atoms with Crippen molar-refractivity contribution in [2.24, 2.45) is 0 Å². The largest absolute Gasteiger partial charge is 0.368 e. The quantitative estimate of drug-likeness (QED) is 0.580. The van der Waals surface area contributed by atoms with Gasteiger partial charge in [0, 0.05) is 25.7 Å². The summed E-state index contributed by atoms with van der Waals surface area (Å²) in [5, 5.41) is 3.38. The van der Waals surface area contributed by atoms with Gasteiger partial charge in [-0.25, -0.2) is 0 Å². The fourth-order valence-corrected chi connectivity index (χ4v) is 1.88. The lowest BCUT2D eigenvalue weighted by molar-refractivity contribution is 0.195. The molecule has 1 fully saturated rings. The van der Waals surface area contributed by atoms with Crippen molar-refractivity contribution in [1.29, 1.82) is 0 Å². The molecule has 0 aliphatic carbocycles. The van der Waals surface area contributed by atoms with E-state index in [4.69, 9.17) is 11.5 Å². The number of piperazine rings is 1. The molecular formula is C9H17N7. The highest BCUT2D eigenvalue weighted by molar-refractivity contribution is 5.25. The van der Waals surface area contributed by atoms with Crippen molar-refractivity contribution in [3.8, 4) is 0 Å². The van der Waals surface area contributed by atoms with Crippen molar-refractivity contribution in [2.75, 3.05) is 31.1 Å². The maximum atomic E-state index is 5.52. The molecule has 7 nitrogen and oxygen atoms in total.